The van der Waals surface area contributed by atoms with Gasteiger partial charge in [0, 0.05) is 12.1 Å². The van der Waals surface area contributed by atoms with Crippen LogP contribution in [0.15, 0.2) is 24.3 Å². The number of carboxylic acid groups (broad SMARTS) is 1. The minimum absolute atomic E-state index is 0.0999. The molecule has 4 nitrogen and oxygen atoms in total. The molecule has 0 amide bonds. The zero-order valence-corrected chi connectivity index (χ0v) is 13.1. The molecular formula is C15H23NO3S. The van der Waals surface area contributed by atoms with E-state index in [1.807, 2.05) is 44.4 Å². The Bertz CT molecular complexity index is 423. The molecule has 0 spiro atoms. The second-order valence-corrected chi connectivity index (χ2v) is 5.81. The first-order valence-electron chi connectivity index (χ1n) is 6.74. The molecule has 0 heterocycles. The van der Waals surface area contributed by atoms with Crippen molar-refractivity contribution in [2.45, 2.75) is 39.0 Å². The number of nitrogens with one attached hydrogen (secondary N) is 1. The molecule has 0 saturated heterocycles. The summed E-state index contributed by atoms with van der Waals surface area (Å²) in [5.41, 5.74) is 0.983. The van der Waals surface area contributed by atoms with Crippen LogP contribution in [0.2, 0.25) is 0 Å². The predicted octanol–water partition coefficient (Wildman–Crippen LogP) is 2.77. The fraction of sp³-hybridized carbons (Fsp3) is 0.533. The van der Waals surface area contributed by atoms with Gasteiger partial charge in [-0.2, -0.15) is 11.8 Å². The number of para-hydroxylation sites is 1. The molecule has 0 aliphatic carbocycles. The van der Waals surface area contributed by atoms with E-state index in [-0.39, 0.29) is 6.10 Å². The van der Waals surface area contributed by atoms with Crippen molar-refractivity contribution in [2.24, 2.45) is 0 Å². The maximum atomic E-state index is 11.2. The highest BCUT2D eigenvalue weighted by Gasteiger charge is 2.16. The van der Waals surface area contributed by atoms with Crippen molar-refractivity contribution in [3.05, 3.63) is 29.8 Å². The fourth-order valence-corrected chi connectivity index (χ4v) is 2.27. The lowest BCUT2D eigenvalue weighted by molar-refractivity contribution is -0.139. The molecule has 1 atom stereocenters. The van der Waals surface area contributed by atoms with Crippen LogP contribution in [0, 0.1) is 0 Å². The summed E-state index contributed by atoms with van der Waals surface area (Å²) in [6.07, 6.45) is 2.69. The number of carboxylic acids is 1. The molecule has 0 bridgehead atoms. The van der Waals surface area contributed by atoms with Gasteiger partial charge in [-0.05, 0) is 38.3 Å². The van der Waals surface area contributed by atoms with E-state index in [1.54, 1.807) is 11.8 Å². The van der Waals surface area contributed by atoms with Crippen LogP contribution in [-0.4, -0.2) is 35.2 Å². The fourth-order valence-electron chi connectivity index (χ4n) is 1.80. The molecular weight excluding hydrogens is 274 g/mol. The molecule has 0 aliphatic heterocycles. The summed E-state index contributed by atoms with van der Waals surface area (Å²) in [4.78, 5) is 11.2. The lowest BCUT2D eigenvalue weighted by Crippen LogP contribution is -2.36. The minimum Gasteiger partial charge on any atom is -0.491 e. The van der Waals surface area contributed by atoms with Crippen molar-refractivity contribution in [3.63, 3.8) is 0 Å². The molecule has 0 saturated carbocycles. The van der Waals surface area contributed by atoms with Crippen molar-refractivity contribution in [3.8, 4) is 5.75 Å². The van der Waals surface area contributed by atoms with Crippen molar-refractivity contribution >= 4 is 17.7 Å². The van der Waals surface area contributed by atoms with Crippen LogP contribution in [0.3, 0.4) is 0 Å². The summed E-state index contributed by atoms with van der Waals surface area (Å²) in [5, 5.41) is 12.3. The second kappa shape index (κ2) is 8.87. The average molecular weight is 297 g/mol. The molecule has 1 rings (SSSR count). The van der Waals surface area contributed by atoms with Crippen LogP contribution < -0.4 is 10.1 Å². The largest absolute Gasteiger partial charge is 0.491 e. The van der Waals surface area contributed by atoms with Gasteiger partial charge in [-0.1, -0.05) is 18.2 Å². The molecule has 20 heavy (non-hydrogen) atoms. The molecule has 5 heteroatoms. The molecule has 0 aliphatic rings. The Labute approximate surface area is 124 Å². The maximum absolute atomic E-state index is 11.2. The Morgan fingerprint density at radius 1 is 1.40 bits per heavy atom. The van der Waals surface area contributed by atoms with E-state index >= 15 is 0 Å². The van der Waals surface area contributed by atoms with E-state index < -0.39 is 12.0 Å². The SMILES string of the molecule is CSCC[C@H](NCc1ccccc1OC(C)C)C(=O)O. The highest BCUT2D eigenvalue weighted by atomic mass is 32.2. The number of hydrogen-bond acceptors (Lipinski definition) is 4. The van der Waals surface area contributed by atoms with Crippen molar-refractivity contribution in [1.29, 1.82) is 0 Å². The third-order valence-corrected chi connectivity index (χ3v) is 3.43. The first-order chi connectivity index (χ1) is 9.54. The lowest BCUT2D eigenvalue weighted by atomic mass is 10.1. The van der Waals surface area contributed by atoms with Crippen LogP contribution in [0.1, 0.15) is 25.8 Å². The number of carbonyl (C=O) groups is 1. The van der Waals surface area contributed by atoms with E-state index in [9.17, 15) is 9.90 Å². The van der Waals surface area contributed by atoms with Gasteiger partial charge in [-0.3, -0.25) is 4.79 Å². The number of benzene rings is 1. The van der Waals surface area contributed by atoms with Gasteiger partial charge in [0.25, 0.3) is 0 Å². The second-order valence-electron chi connectivity index (χ2n) is 4.83. The van der Waals surface area contributed by atoms with Crippen LogP contribution in [0.25, 0.3) is 0 Å². The number of rotatable bonds is 9. The lowest BCUT2D eigenvalue weighted by Gasteiger charge is -2.17. The quantitative estimate of drug-likeness (QED) is 0.734. The molecule has 1 aromatic rings. The molecule has 0 unspecified atom stereocenters. The molecule has 2 N–H and O–H groups in total. The third kappa shape index (κ3) is 5.84. The van der Waals surface area contributed by atoms with Gasteiger partial charge in [0.2, 0.25) is 0 Å². The Kier molecular flexibility index (Phi) is 7.47. The zero-order valence-electron chi connectivity index (χ0n) is 12.3. The van der Waals surface area contributed by atoms with Gasteiger partial charge in [0.05, 0.1) is 6.10 Å². The van der Waals surface area contributed by atoms with E-state index in [0.29, 0.717) is 13.0 Å². The highest BCUT2D eigenvalue weighted by molar-refractivity contribution is 7.98. The maximum Gasteiger partial charge on any atom is 0.320 e. The summed E-state index contributed by atoms with van der Waals surface area (Å²) < 4.78 is 5.73. The van der Waals surface area contributed by atoms with Gasteiger partial charge in [-0.15, -0.1) is 0 Å². The van der Waals surface area contributed by atoms with Crippen LogP contribution >= 0.6 is 11.8 Å². The van der Waals surface area contributed by atoms with Crippen LogP contribution in [0.5, 0.6) is 5.75 Å². The number of thioether (sulfide) groups is 1. The van der Waals surface area contributed by atoms with Gasteiger partial charge in [0.1, 0.15) is 11.8 Å². The highest BCUT2D eigenvalue weighted by Crippen LogP contribution is 2.19. The van der Waals surface area contributed by atoms with Crippen molar-refractivity contribution in [1.82, 2.24) is 5.32 Å². The first-order valence-corrected chi connectivity index (χ1v) is 8.13. The summed E-state index contributed by atoms with van der Waals surface area (Å²) in [6, 6.07) is 7.20. The average Bonchev–Trinajstić information content (AvgIpc) is 2.39. The first kappa shape index (κ1) is 16.9. The van der Waals surface area contributed by atoms with Gasteiger partial charge >= 0.3 is 5.97 Å². The Morgan fingerprint density at radius 2 is 2.10 bits per heavy atom. The molecule has 1 aromatic carbocycles. The number of ether oxygens (including phenoxy) is 1. The summed E-state index contributed by atoms with van der Waals surface area (Å²) in [5.74, 6) is 0.832. The number of aliphatic carboxylic acids is 1. The van der Waals surface area contributed by atoms with Gasteiger partial charge < -0.3 is 15.2 Å². The summed E-state index contributed by atoms with van der Waals surface area (Å²) in [7, 11) is 0. The normalized spacial score (nSPS) is 12.4. The molecule has 0 radical (unpaired) electrons. The Balaban J connectivity index is 2.65. The van der Waals surface area contributed by atoms with Gasteiger partial charge in [-0.25, -0.2) is 0 Å². The van der Waals surface area contributed by atoms with Crippen molar-refractivity contribution in [2.75, 3.05) is 12.0 Å². The Hall–Kier alpha value is -1.20. The summed E-state index contributed by atoms with van der Waals surface area (Å²) >= 11 is 1.65. The molecule has 0 aromatic heterocycles. The van der Waals surface area contributed by atoms with Gasteiger partial charge in [0.15, 0.2) is 0 Å². The van der Waals surface area contributed by atoms with Crippen molar-refractivity contribution < 1.29 is 14.6 Å². The summed E-state index contributed by atoms with van der Waals surface area (Å²) in [6.45, 7) is 4.44. The van der Waals surface area contributed by atoms with E-state index in [2.05, 4.69) is 5.32 Å². The number of hydrogen-bond donors (Lipinski definition) is 2. The standard InChI is InChI=1S/C15H23NO3S/c1-11(2)19-14-7-5-4-6-12(14)10-16-13(15(17)18)8-9-20-3/h4-7,11,13,16H,8-10H2,1-3H3,(H,17,18)/t13-/m0/s1. The molecule has 112 valence electrons. The van der Waals surface area contributed by atoms with E-state index in [4.69, 9.17) is 4.74 Å². The minimum atomic E-state index is -0.804. The van der Waals surface area contributed by atoms with Crippen LogP contribution in [0.4, 0.5) is 0 Å². The van der Waals surface area contributed by atoms with E-state index in [0.717, 1.165) is 17.1 Å². The predicted molar refractivity (Wildman–Crippen MR) is 83.5 cm³/mol. The molecule has 0 fully saturated rings. The van der Waals surface area contributed by atoms with E-state index in [1.165, 1.54) is 0 Å². The van der Waals surface area contributed by atoms with Crippen LogP contribution in [-0.2, 0) is 11.3 Å². The zero-order chi connectivity index (χ0) is 15.0. The monoisotopic (exact) mass is 297 g/mol. The topological polar surface area (TPSA) is 58.6 Å². The Morgan fingerprint density at radius 3 is 2.70 bits per heavy atom. The third-order valence-electron chi connectivity index (χ3n) is 2.78. The smallest absolute Gasteiger partial charge is 0.320 e.